The van der Waals surface area contributed by atoms with Gasteiger partial charge in [-0.3, -0.25) is 0 Å². The maximum absolute atomic E-state index is 8.96. The van der Waals surface area contributed by atoms with Crippen molar-refractivity contribution >= 4 is 16.8 Å². The Morgan fingerprint density at radius 3 is 2.96 bits per heavy atom. The van der Waals surface area contributed by atoms with Crippen LogP contribution in [0, 0.1) is 0 Å². The van der Waals surface area contributed by atoms with Crippen LogP contribution in [0.4, 0.5) is 0 Å². The molecule has 3 heterocycles. The molecule has 0 saturated heterocycles. The van der Waals surface area contributed by atoms with E-state index in [9.17, 15) is 0 Å². The lowest BCUT2D eigenvalue weighted by molar-refractivity contribution is 0.284. The van der Waals surface area contributed by atoms with Crippen molar-refractivity contribution in [3.63, 3.8) is 0 Å². The molecule has 0 saturated carbocycles. The fourth-order valence-corrected chi connectivity index (χ4v) is 3.29. The van der Waals surface area contributed by atoms with Crippen molar-refractivity contribution in [2.75, 3.05) is 6.61 Å². The van der Waals surface area contributed by atoms with Crippen LogP contribution < -0.4 is 4.74 Å². The molecule has 0 spiro atoms. The average molecular weight is 346 g/mol. The molecule has 0 atom stereocenters. The van der Waals surface area contributed by atoms with Crippen LogP contribution in [0.3, 0.4) is 0 Å². The van der Waals surface area contributed by atoms with Gasteiger partial charge in [0.2, 0.25) is 0 Å². The van der Waals surface area contributed by atoms with Gasteiger partial charge in [0, 0.05) is 23.9 Å². The predicted octanol–water partition coefficient (Wildman–Crippen LogP) is 4.49. The topological polar surface area (TPSA) is 46.8 Å². The van der Waals surface area contributed by atoms with Gasteiger partial charge in [-0.1, -0.05) is 12.1 Å². The fraction of sp³-hybridized carbons (Fsp3) is 0.227. The summed E-state index contributed by atoms with van der Waals surface area (Å²) in [6, 6.07) is 12.4. The Labute approximate surface area is 153 Å². The zero-order valence-electron chi connectivity index (χ0n) is 14.9. The van der Waals surface area contributed by atoms with E-state index in [1.54, 1.807) is 0 Å². The first-order chi connectivity index (χ1) is 12.8. The average Bonchev–Trinajstić information content (AvgIpc) is 3.15. The van der Waals surface area contributed by atoms with Crippen molar-refractivity contribution in [1.82, 2.24) is 9.38 Å². The van der Waals surface area contributed by atoms with E-state index in [2.05, 4.69) is 35.3 Å². The summed E-state index contributed by atoms with van der Waals surface area (Å²) in [6.45, 7) is 2.29. The summed E-state index contributed by atoms with van der Waals surface area (Å²) in [4.78, 5) is 4.53. The van der Waals surface area contributed by atoms with E-state index < -0.39 is 0 Å². The first-order valence-corrected chi connectivity index (χ1v) is 9.01. The number of aliphatic hydroxyl groups is 1. The molecule has 3 aromatic rings. The molecule has 4 heteroatoms. The number of unbranched alkanes of at least 4 members (excludes halogenated alkanes) is 1. The van der Waals surface area contributed by atoms with E-state index in [1.807, 2.05) is 42.0 Å². The highest BCUT2D eigenvalue weighted by atomic mass is 16.5. The van der Waals surface area contributed by atoms with E-state index in [1.165, 1.54) is 5.56 Å². The molecule has 1 aliphatic rings. The first-order valence-electron chi connectivity index (χ1n) is 9.01. The van der Waals surface area contributed by atoms with E-state index in [-0.39, 0.29) is 6.61 Å². The predicted molar refractivity (Wildman–Crippen MR) is 104 cm³/mol. The van der Waals surface area contributed by atoms with Crippen LogP contribution in [-0.2, 0) is 6.42 Å². The van der Waals surface area contributed by atoms with Gasteiger partial charge in [0.25, 0.3) is 0 Å². The normalized spacial score (nSPS) is 15.0. The van der Waals surface area contributed by atoms with Gasteiger partial charge in [-0.15, -0.1) is 0 Å². The maximum Gasteiger partial charge on any atom is 0.153 e. The minimum Gasteiger partial charge on any atom is -0.454 e. The number of hydrogen-bond acceptors (Lipinski definition) is 3. The molecule has 0 bridgehead atoms. The number of aliphatic hydroxyl groups excluding tert-OH is 1. The summed E-state index contributed by atoms with van der Waals surface area (Å²) in [6.07, 6.45) is 10.7. The lowest BCUT2D eigenvalue weighted by Gasteiger charge is -2.21. The number of fused-ring (bicyclic) bond motifs is 2. The Morgan fingerprint density at radius 2 is 2.12 bits per heavy atom. The molecule has 1 N–H and O–H groups in total. The van der Waals surface area contributed by atoms with Crippen molar-refractivity contribution in [1.29, 1.82) is 0 Å². The van der Waals surface area contributed by atoms with Gasteiger partial charge in [-0.2, -0.15) is 0 Å². The summed E-state index contributed by atoms with van der Waals surface area (Å²) in [5.74, 6) is 1.63. The summed E-state index contributed by atoms with van der Waals surface area (Å²) in [5, 5.41) is 8.96. The van der Waals surface area contributed by atoms with Gasteiger partial charge in [-0.25, -0.2) is 4.98 Å². The molecule has 1 aromatic carbocycles. The molecular weight excluding hydrogens is 324 g/mol. The molecular formula is C22H22N2O2. The van der Waals surface area contributed by atoms with E-state index in [4.69, 9.17) is 9.84 Å². The lowest BCUT2D eigenvalue weighted by Crippen LogP contribution is -2.06. The highest BCUT2D eigenvalue weighted by molar-refractivity contribution is 5.88. The summed E-state index contributed by atoms with van der Waals surface area (Å²) < 4.78 is 8.15. The number of hydrogen-bond donors (Lipinski definition) is 1. The molecule has 0 aliphatic carbocycles. The number of nitrogens with zero attached hydrogens (tertiary/aromatic N) is 2. The Hall–Kier alpha value is -2.85. The zero-order chi connectivity index (χ0) is 17.9. The molecule has 0 amide bonds. The second-order valence-corrected chi connectivity index (χ2v) is 6.48. The van der Waals surface area contributed by atoms with E-state index in [0.29, 0.717) is 0 Å². The molecule has 0 radical (unpaired) electrons. The number of ether oxygens (including phenoxy) is 1. The monoisotopic (exact) mass is 346 g/mol. The second-order valence-electron chi connectivity index (χ2n) is 6.48. The molecule has 0 fully saturated rings. The van der Waals surface area contributed by atoms with E-state index >= 15 is 0 Å². The highest BCUT2D eigenvalue weighted by Gasteiger charge is 2.19. The second kappa shape index (κ2) is 7.18. The highest BCUT2D eigenvalue weighted by Crippen LogP contribution is 2.37. The largest absolute Gasteiger partial charge is 0.454 e. The van der Waals surface area contributed by atoms with Gasteiger partial charge in [0.15, 0.2) is 5.76 Å². The van der Waals surface area contributed by atoms with Gasteiger partial charge in [-0.05, 0) is 73.7 Å². The molecule has 4 rings (SSSR count). The number of allylic oxidation sites excluding steroid dienone is 3. The molecule has 1 aliphatic heterocycles. The Balaban J connectivity index is 1.65. The van der Waals surface area contributed by atoms with Crippen molar-refractivity contribution in [3.05, 3.63) is 77.9 Å². The molecule has 0 unspecified atom stereocenters. The summed E-state index contributed by atoms with van der Waals surface area (Å²) in [5.41, 5.74) is 5.44. The standard InChI is InChI=1S/C22H22N2O2/c1-2-17-13-22(20-14-18-7-5-10-24(18)15-23-20)26-21-9-8-16(12-19(17)21)6-3-4-11-25/h2,5,7-10,12-15,25H,3-4,6,11H2,1H3/b17-2+. The van der Waals surface area contributed by atoms with Crippen molar-refractivity contribution in [2.45, 2.75) is 26.2 Å². The molecule has 26 heavy (non-hydrogen) atoms. The SMILES string of the molecule is C/C=C1\C=C(c2cc3cccn3cn2)Oc2ccc(CCCCO)cc21. The first kappa shape index (κ1) is 16.6. The van der Waals surface area contributed by atoms with Gasteiger partial charge >= 0.3 is 0 Å². The van der Waals surface area contributed by atoms with Crippen LogP contribution >= 0.6 is 0 Å². The van der Waals surface area contributed by atoms with Crippen molar-refractivity contribution in [2.24, 2.45) is 0 Å². The Kier molecular flexibility index (Phi) is 4.59. The van der Waals surface area contributed by atoms with Crippen LogP contribution in [0.2, 0.25) is 0 Å². The van der Waals surface area contributed by atoms with Crippen molar-refractivity contribution in [3.8, 4) is 5.75 Å². The fourth-order valence-electron chi connectivity index (χ4n) is 3.29. The number of aryl methyl sites for hydroxylation is 1. The summed E-state index contributed by atoms with van der Waals surface area (Å²) >= 11 is 0. The van der Waals surface area contributed by atoms with Crippen LogP contribution in [0.1, 0.15) is 36.6 Å². The minimum absolute atomic E-state index is 0.249. The van der Waals surface area contributed by atoms with Crippen LogP contribution in [0.25, 0.3) is 16.8 Å². The zero-order valence-corrected chi connectivity index (χ0v) is 14.9. The van der Waals surface area contributed by atoms with Crippen LogP contribution in [0.5, 0.6) is 5.75 Å². The summed E-state index contributed by atoms with van der Waals surface area (Å²) in [7, 11) is 0. The van der Waals surface area contributed by atoms with E-state index in [0.717, 1.165) is 53.1 Å². The maximum atomic E-state index is 8.96. The smallest absolute Gasteiger partial charge is 0.153 e. The quantitative estimate of drug-likeness (QED) is 0.693. The molecule has 2 aromatic heterocycles. The third kappa shape index (κ3) is 3.16. The van der Waals surface area contributed by atoms with Crippen molar-refractivity contribution < 1.29 is 9.84 Å². The Bertz CT molecular complexity index is 998. The van der Waals surface area contributed by atoms with Gasteiger partial charge in [0.05, 0.1) is 6.33 Å². The third-order valence-corrected chi connectivity index (χ3v) is 4.72. The van der Waals surface area contributed by atoms with Crippen LogP contribution in [0.15, 0.2) is 61.1 Å². The van der Waals surface area contributed by atoms with Crippen LogP contribution in [-0.4, -0.2) is 21.1 Å². The van der Waals surface area contributed by atoms with Gasteiger partial charge in [0.1, 0.15) is 11.4 Å². The number of aromatic nitrogens is 2. The number of rotatable bonds is 5. The minimum atomic E-state index is 0.249. The third-order valence-electron chi connectivity index (χ3n) is 4.72. The molecule has 132 valence electrons. The van der Waals surface area contributed by atoms with Gasteiger partial charge < -0.3 is 14.2 Å². The lowest BCUT2D eigenvalue weighted by atomic mass is 9.96. The Morgan fingerprint density at radius 1 is 1.19 bits per heavy atom. The molecule has 4 nitrogen and oxygen atoms in total. The number of benzene rings is 1.